The first-order valence-electron chi connectivity index (χ1n) is 3.03. The van der Waals surface area contributed by atoms with Crippen molar-refractivity contribution >= 4 is 11.9 Å². The van der Waals surface area contributed by atoms with Crippen molar-refractivity contribution in [1.82, 2.24) is 0 Å². The van der Waals surface area contributed by atoms with E-state index in [9.17, 15) is 9.59 Å². The smallest absolute Gasteiger partial charge is 0.304 e. The van der Waals surface area contributed by atoms with Crippen molar-refractivity contribution in [2.24, 2.45) is 0 Å². The zero-order valence-corrected chi connectivity index (χ0v) is 6.94. The van der Waals surface area contributed by atoms with Crippen LogP contribution in [-0.2, 0) is 19.1 Å². The fourth-order valence-electron chi connectivity index (χ4n) is 0.182. The summed E-state index contributed by atoms with van der Waals surface area (Å²) in [5.74, 6) is -0.921. The number of hydrogen-bond acceptors (Lipinski definition) is 6. The number of esters is 2. The van der Waals surface area contributed by atoms with E-state index in [1.165, 1.54) is 13.8 Å². The van der Waals surface area contributed by atoms with Crippen molar-refractivity contribution in [3.05, 3.63) is 0 Å². The van der Waals surface area contributed by atoms with Crippen LogP contribution in [-0.4, -0.2) is 35.7 Å². The standard InChI is InChI=1S/2C3H6O3/c2*1-3(5)6-2-4/h2*4H,2H2,1H3. The second kappa shape index (κ2) is 9.86. The Bertz CT molecular complexity index is 116. The van der Waals surface area contributed by atoms with E-state index in [4.69, 9.17) is 10.2 Å². The third-order valence-corrected chi connectivity index (χ3v) is 0.536. The number of ether oxygens (including phenoxy) is 2. The number of aliphatic hydroxyl groups excluding tert-OH is 2. The predicted octanol–water partition coefficient (Wildman–Crippen LogP) is -1.00. The molecule has 0 aliphatic carbocycles. The fraction of sp³-hybridized carbons (Fsp3) is 0.667. The van der Waals surface area contributed by atoms with E-state index >= 15 is 0 Å². The van der Waals surface area contributed by atoms with Gasteiger partial charge in [-0.05, 0) is 0 Å². The Labute approximate surface area is 69.7 Å². The molecule has 0 radical (unpaired) electrons. The van der Waals surface area contributed by atoms with Crippen LogP contribution in [0.4, 0.5) is 0 Å². The maximum absolute atomic E-state index is 9.66. The minimum Gasteiger partial charge on any atom is -0.439 e. The molecular weight excluding hydrogens is 168 g/mol. The minimum atomic E-state index is -0.519. The van der Waals surface area contributed by atoms with Gasteiger partial charge in [-0.2, -0.15) is 0 Å². The highest BCUT2D eigenvalue weighted by atomic mass is 16.6. The van der Waals surface area contributed by atoms with Gasteiger partial charge in [-0.3, -0.25) is 9.59 Å². The van der Waals surface area contributed by atoms with Crippen molar-refractivity contribution in [1.29, 1.82) is 0 Å². The molecular formula is C6H12O6. The fourth-order valence-corrected chi connectivity index (χ4v) is 0.182. The molecule has 0 saturated carbocycles. The Balaban J connectivity index is 0. The SMILES string of the molecule is CC(=O)OCO.CC(=O)OCO. The molecule has 0 saturated heterocycles. The summed E-state index contributed by atoms with van der Waals surface area (Å²) in [7, 11) is 0. The first-order chi connectivity index (χ1) is 5.54. The number of rotatable bonds is 2. The second-order valence-corrected chi connectivity index (χ2v) is 1.53. The van der Waals surface area contributed by atoms with Gasteiger partial charge in [0.15, 0.2) is 13.6 Å². The molecule has 2 N–H and O–H groups in total. The van der Waals surface area contributed by atoms with Crippen LogP contribution >= 0.6 is 0 Å². The van der Waals surface area contributed by atoms with Gasteiger partial charge >= 0.3 is 11.9 Å². The Morgan fingerprint density at radius 2 is 1.25 bits per heavy atom. The molecule has 0 aromatic rings. The van der Waals surface area contributed by atoms with E-state index in [1.54, 1.807) is 0 Å². The van der Waals surface area contributed by atoms with Gasteiger partial charge < -0.3 is 19.7 Å². The summed E-state index contributed by atoms with van der Waals surface area (Å²) in [6.45, 7) is 1.43. The lowest BCUT2D eigenvalue weighted by Crippen LogP contribution is -1.97. The quantitative estimate of drug-likeness (QED) is 0.418. The van der Waals surface area contributed by atoms with Crippen LogP contribution in [0.15, 0.2) is 0 Å². The highest BCUT2D eigenvalue weighted by Gasteiger charge is 1.83. The zero-order valence-electron chi connectivity index (χ0n) is 6.94. The summed E-state index contributed by atoms with van der Waals surface area (Å²) < 4.78 is 7.92. The van der Waals surface area contributed by atoms with E-state index in [0.29, 0.717) is 0 Å². The first kappa shape index (κ1) is 13.4. The van der Waals surface area contributed by atoms with Crippen molar-refractivity contribution in [2.75, 3.05) is 13.6 Å². The molecule has 0 spiro atoms. The molecule has 72 valence electrons. The molecule has 0 atom stereocenters. The lowest BCUT2D eigenvalue weighted by Gasteiger charge is -1.88. The Kier molecular flexibility index (Phi) is 11.1. The molecule has 6 heteroatoms. The molecule has 6 nitrogen and oxygen atoms in total. The van der Waals surface area contributed by atoms with Gasteiger partial charge in [0, 0.05) is 13.8 Å². The van der Waals surface area contributed by atoms with Gasteiger partial charge in [-0.25, -0.2) is 0 Å². The molecule has 0 heterocycles. The van der Waals surface area contributed by atoms with Gasteiger partial charge in [0.05, 0.1) is 0 Å². The van der Waals surface area contributed by atoms with E-state index < -0.39 is 25.5 Å². The van der Waals surface area contributed by atoms with Gasteiger partial charge in [0.25, 0.3) is 0 Å². The molecule has 0 fully saturated rings. The van der Waals surface area contributed by atoms with E-state index in [0.717, 1.165) is 0 Å². The summed E-state index contributed by atoms with van der Waals surface area (Å²) in [4.78, 5) is 19.3. The monoisotopic (exact) mass is 180 g/mol. The van der Waals surface area contributed by atoms with Crippen LogP contribution in [0, 0.1) is 0 Å². The maximum Gasteiger partial charge on any atom is 0.304 e. The predicted molar refractivity (Wildman–Crippen MR) is 37.7 cm³/mol. The van der Waals surface area contributed by atoms with Gasteiger partial charge in [0.1, 0.15) is 0 Å². The highest BCUT2D eigenvalue weighted by molar-refractivity contribution is 5.65. The average molecular weight is 180 g/mol. The molecule has 0 aromatic carbocycles. The number of hydrogen-bond donors (Lipinski definition) is 2. The largest absolute Gasteiger partial charge is 0.439 e. The van der Waals surface area contributed by atoms with Crippen molar-refractivity contribution in [3.63, 3.8) is 0 Å². The van der Waals surface area contributed by atoms with E-state index in [2.05, 4.69) is 9.47 Å². The van der Waals surface area contributed by atoms with Gasteiger partial charge in [-0.1, -0.05) is 0 Å². The molecule has 0 amide bonds. The number of carbonyl (C=O) groups is 2. The van der Waals surface area contributed by atoms with Gasteiger partial charge in [0.2, 0.25) is 0 Å². The normalized spacial score (nSPS) is 7.67. The van der Waals surface area contributed by atoms with Crippen molar-refractivity contribution in [2.45, 2.75) is 13.8 Å². The molecule has 12 heavy (non-hydrogen) atoms. The van der Waals surface area contributed by atoms with Crippen molar-refractivity contribution < 1.29 is 29.3 Å². The maximum atomic E-state index is 9.66. The summed E-state index contributed by atoms with van der Waals surface area (Å²) in [5, 5.41) is 15.6. The van der Waals surface area contributed by atoms with Crippen LogP contribution in [0.1, 0.15) is 13.8 Å². The van der Waals surface area contributed by atoms with Gasteiger partial charge in [-0.15, -0.1) is 0 Å². The third-order valence-electron chi connectivity index (χ3n) is 0.536. The molecule has 0 aliphatic rings. The Morgan fingerprint density at radius 1 is 1.00 bits per heavy atom. The zero-order chi connectivity index (χ0) is 9.98. The summed E-state index contributed by atoms with van der Waals surface area (Å²) >= 11 is 0. The molecule has 0 rings (SSSR count). The van der Waals surface area contributed by atoms with Crippen LogP contribution in [0.3, 0.4) is 0 Å². The summed E-state index contributed by atoms with van der Waals surface area (Å²) in [5.41, 5.74) is 0. The molecule has 0 aliphatic heterocycles. The van der Waals surface area contributed by atoms with Crippen LogP contribution in [0.5, 0.6) is 0 Å². The van der Waals surface area contributed by atoms with Crippen LogP contribution in [0.2, 0.25) is 0 Å². The van der Waals surface area contributed by atoms with Crippen molar-refractivity contribution in [3.8, 4) is 0 Å². The Morgan fingerprint density at radius 3 is 1.25 bits per heavy atom. The molecule has 0 unspecified atom stereocenters. The average Bonchev–Trinajstić information content (AvgIpc) is 1.87. The summed E-state index contributed by atoms with van der Waals surface area (Å²) in [6.07, 6.45) is 0. The third kappa shape index (κ3) is 23.2. The molecule has 0 aromatic heterocycles. The minimum absolute atomic E-state index is 0.461. The lowest BCUT2D eigenvalue weighted by atomic mass is 10.8. The number of carbonyl (C=O) groups excluding carboxylic acids is 2. The van der Waals surface area contributed by atoms with Crippen LogP contribution in [0.25, 0.3) is 0 Å². The summed E-state index contributed by atoms with van der Waals surface area (Å²) in [6, 6.07) is 0. The first-order valence-corrected chi connectivity index (χ1v) is 3.03. The van der Waals surface area contributed by atoms with E-state index in [1.807, 2.05) is 0 Å². The highest BCUT2D eigenvalue weighted by Crippen LogP contribution is 1.67. The second-order valence-electron chi connectivity index (χ2n) is 1.53. The topological polar surface area (TPSA) is 93.1 Å². The van der Waals surface area contributed by atoms with Crippen LogP contribution < -0.4 is 0 Å². The lowest BCUT2D eigenvalue weighted by molar-refractivity contribution is -0.150. The molecule has 0 bridgehead atoms. The number of aliphatic hydroxyl groups is 2. The van der Waals surface area contributed by atoms with E-state index in [-0.39, 0.29) is 0 Å². The Hall–Kier alpha value is -1.14.